The molecule has 0 atom stereocenters. The minimum Gasteiger partial charge on any atom is -0.234 e. The topological polar surface area (TPSA) is 43.6 Å². The van der Waals surface area contributed by atoms with Crippen LogP contribution in [0, 0.1) is 18.6 Å². The van der Waals surface area contributed by atoms with Crippen molar-refractivity contribution in [2.24, 2.45) is 0 Å². The highest BCUT2D eigenvalue weighted by Gasteiger charge is 2.17. The first-order chi connectivity index (χ1) is 12.1. The van der Waals surface area contributed by atoms with Crippen LogP contribution in [0.25, 0.3) is 27.6 Å². The molecule has 0 amide bonds. The van der Waals surface area contributed by atoms with Crippen molar-refractivity contribution in [2.45, 2.75) is 6.92 Å². The van der Waals surface area contributed by atoms with Crippen molar-refractivity contribution in [3.8, 4) is 27.6 Å². The minimum atomic E-state index is -0.343. The maximum absolute atomic E-state index is 13.9. The molecule has 2 heterocycles. The van der Waals surface area contributed by atoms with Gasteiger partial charge < -0.3 is 0 Å². The SMILES string of the molecule is Cc1c(-c2nc(-c3ccccc3F)cs2)nnn1-c1cccc(F)c1. The first-order valence-corrected chi connectivity index (χ1v) is 8.40. The van der Waals surface area contributed by atoms with Crippen molar-refractivity contribution in [1.82, 2.24) is 20.0 Å². The second-order valence-corrected chi connectivity index (χ2v) is 6.29. The van der Waals surface area contributed by atoms with E-state index in [-0.39, 0.29) is 11.6 Å². The summed E-state index contributed by atoms with van der Waals surface area (Å²) in [6.07, 6.45) is 0. The van der Waals surface area contributed by atoms with Crippen LogP contribution in [-0.4, -0.2) is 20.0 Å². The summed E-state index contributed by atoms with van der Waals surface area (Å²) in [5.74, 6) is -0.662. The van der Waals surface area contributed by atoms with Gasteiger partial charge in [-0.1, -0.05) is 23.4 Å². The molecule has 0 radical (unpaired) electrons. The summed E-state index contributed by atoms with van der Waals surface area (Å²) in [5, 5.41) is 10.7. The predicted octanol–water partition coefficient (Wildman–Crippen LogP) is 4.64. The minimum absolute atomic E-state index is 0.320. The summed E-state index contributed by atoms with van der Waals surface area (Å²) in [5.41, 5.74) is 2.91. The van der Waals surface area contributed by atoms with E-state index in [2.05, 4.69) is 15.3 Å². The smallest absolute Gasteiger partial charge is 0.146 e. The Hall–Kier alpha value is -2.93. The van der Waals surface area contributed by atoms with E-state index < -0.39 is 0 Å². The van der Waals surface area contributed by atoms with Gasteiger partial charge in [-0.2, -0.15) is 0 Å². The van der Waals surface area contributed by atoms with Gasteiger partial charge in [0.25, 0.3) is 0 Å². The predicted molar refractivity (Wildman–Crippen MR) is 92.6 cm³/mol. The van der Waals surface area contributed by atoms with Gasteiger partial charge in [-0.3, -0.25) is 0 Å². The van der Waals surface area contributed by atoms with Crippen molar-refractivity contribution in [3.63, 3.8) is 0 Å². The third kappa shape index (κ3) is 2.83. The van der Waals surface area contributed by atoms with Crippen LogP contribution in [0.2, 0.25) is 0 Å². The normalized spacial score (nSPS) is 11.0. The largest absolute Gasteiger partial charge is 0.234 e. The van der Waals surface area contributed by atoms with Gasteiger partial charge in [0, 0.05) is 10.9 Å². The van der Waals surface area contributed by atoms with E-state index in [1.165, 1.54) is 29.5 Å². The molecule has 0 saturated carbocycles. The third-order valence-electron chi connectivity index (χ3n) is 3.80. The zero-order valence-electron chi connectivity index (χ0n) is 13.1. The summed E-state index contributed by atoms with van der Waals surface area (Å²) in [4.78, 5) is 4.49. The molecule has 4 rings (SSSR count). The van der Waals surface area contributed by atoms with Crippen LogP contribution in [0.3, 0.4) is 0 Å². The maximum Gasteiger partial charge on any atom is 0.146 e. The Kier molecular flexibility index (Phi) is 3.85. The number of hydrogen-bond acceptors (Lipinski definition) is 4. The van der Waals surface area contributed by atoms with E-state index in [1.807, 2.05) is 6.92 Å². The highest BCUT2D eigenvalue weighted by molar-refractivity contribution is 7.13. The van der Waals surface area contributed by atoms with E-state index in [4.69, 9.17) is 0 Å². The molecule has 2 aromatic carbocycles. The van der Waals surface area contributed by atoms with Gasteiger partial charge in [0.2, 0.25) is 0 Å². The van der Waals surface area contributed by atoms with Crippen molar-refractivity contribution in [2.75, 3.05) is 0 Å². The molecule has 25 heavy (non-hydrogen) atoms. The first kappa shape index (κ1) is 15.6. The molecular formula is C18H12F2N4S. The maximum atomic E-state index is 13.9. The van der Waals surface area contributed by atoms with Crippen molar-refractivity contribution >= 4 is 11.3 Å². The van der Waals surface area contributed by atoms with Gasteiger partial charge in [0.1, 0.15) is 22.3 Å². The molecule has 124 valence electrons. The molecule has 0 aliphatic heterocycles. The fourth-order valence-corrected chi connectivity index (χ4v) is 3.41. The number of thiazole rings is 1. The molecule has 0 unspecified atom stereocenters. The molecule has 2 aromatic heterocycles. The number of halogens is 2. The fourth-order valence-electron chi connectivity index (χ4n) is 2.56. The number of benzene rings is 2. The van der Waals surface area contributed by atoms with Gasteiger partial charge in [-0.25, -0.2) is 18.4 Å². The molecule has 0 spiro atoms. The summed E-state index contributed by atoms with van der Waals surface area (Å²) in [6, 6.07) is 12.6. The van der Waals surface area contributed by atoms with Gasteiger partial charge in [0.15, 0.2) is 0 Å². The molecule has 0 bridgehead atoms. The van der Waals surface area contributed by atoms with E-state index in [9.17, 15) is 8.78 Å². The average Bonchev–Trinajstić information content (AvgIpc) is 3.22. The van der Waals surface area contributed by atoms with E-state index in [1.54, 1.807) is 40.4 Å². The molecule has 7 heteroatoms. The van der Waals surface area contributed by atoms with Crippen LogP contribution in [-0.2, 0) is 0 Å². The molecule has 4 aromatic rings. The molecular weight excluding hydrogens is 342 g/mol. The first-order valence-electron chi connectivity index (χ1n) is 7.52. The Labute approximate surface area is 146 Å². The van der Waals surface area contributed by atoms with E-state index in [0.29, 0.717) is 27.6 Å². The molecule has 0 N–H and O–H groups in total. The van der Waals surface area contributed by atoms with Crippen molar-refractivity contribution < 1.29 is 8.78 Å². The standard InChI is InChI=1S/C18H12F2N4S/c1-11-17(22-23-24(11)13-6-4-5-12(19)9-13)18-21-16(10-25-18)14-7-2-3-8-15(14)20/h2-10H,1H3. The van der Waals surface area contributed by atoms with E-state index in [0.717, 1.165) is 5.69 Å². The van der Waals surface area contributed by atoms with Crippen LogP contribution < -0.4 is 0 Å². The van der Waals surface area contributed by atoms with Gasteiger partial charge in [-0.15, -0.1) is 16.4 Å². The Morgan fingerprint density at radius 3 is 2.68 bits per heavy atom. The average molecular weight is 354 g/mol. The van der Waals surface area contributed by atoms with Crippen LogP contribution >= 0.6 is 11.3 Å². The van der Waals surface area contributed by atoms with E-state index >= 15 is 0 Å². The molecule has 0 aliphatic carbocycles. The lowest BCUT2D eigenvalue weighted by Crippen LogP contribution is -1.99. The van der Waals surface area contributed by atoms with Crippen LogP contribution in [0.4, 0.5) is 8.78 Å². The number of nitrogens with zero attached hydrogens (tertiary/aromatic N) is 4. The van der Waals surface area contributed by atoms with Gasteiger partial charge in [-0.05, 0) is 37.3 Å². The quantitative estimate of drug-likeness (QED) is 0.538. The highest BCUT2D eigenvalue weighted by atomic mass is 32.1. The second-order valence-electron chi connectivity index (χ2n) is 5.43. The van der Waals surface area contributed by atoms with Gasteiger partial charge >= 0.3 is 0 Å². The molecule has 0 saturated heterocycles. The Morgan fingerprint density at radius 2 is 1.88 bits per heavy atom. The third-order valence-corrected chi connectivity index (χ3v) is 4.65. The molecule has 0 fully saturated rings. The number of aromatic nitrogens is 4. The number of rotatable bonds is 3. The lowest BCUT2D eigenvalue weighted by molar-refractivity contribution is 0.624. The van der Waals surface area contributed by atoms with Crippen LogP contribution in [0.1, 0.15) is 5.69 Å². The highest BCUT2D eigenvalue weighted by Crippen LogP contribution is 2.31. The fraction of sp³-hybridized carbons (Fsp3) is 0.0556. The number of hydrogen-bond donors (Lipinski definition) is 0. The Bertz CT molecular complexity index is 1050. The second kappa shape index (κ2) is 6.18. The van der Waals surface area contributed by atoms with Crippen molar-refractivity contribution in [3.05, 3.63) is 71.2 Å². The lowest BCUT2D eigenvalue weighted by Gasteiger charge is -2.03. The zero-order valence-corrected chi connectivity index (χ0v) is 14.0. The zero-order chi connectivity index (χ0) is 17.4. The summed E-state index contributed by atoms with van der Waals surface area (Å²) in [6.45, 7) is 1.84. The van der Waals surface area contributed by atoms with Gasteiger partial charge in [0.05, 0.1) is 17.1 Å². The van der Waals surface area contributed by atoms with Crippen LogP contribution in [0.15, 0.2) is 53.9 Å². The Balaban J connectivity index is 1.74. The Morgan fingerprint density at radius 1 is 1.04 bits per heavy atom. The summed E-state index contributed by atoms with van der Waals surface area (Å²) >= 11 is 1.36. The van der Waals surface area contributed by atoms with Crippen molar-refractivity contribution in [1.29, 1.82) is 0 Å². The van der Waals surface area contributed by atoms with Crippen LogP contribution in [0.5, 0.6) is 0 Å². The lowest BCUT2D eigenvalue weighted by atomic mass is 10.1. The molecule has 4 nitrogen and oxygen atoms in total. The molecule has 0 aliphatic rings. The monoisotopic (exact) mass is 354 g/mol. The summed E-state index contributed by atoms with van der Waals surface area (Å²) in [7, 11) is 0. The summed E-state index contributed by atoms with van der Waals surface area (Å²) < 4.78 is 28.9.